The largest absolute Gasteiger partial charge is 0.388 e. The van der Waals surface area contributed by atoms with Gasteiger partial charge in [-0.2, -0.15) is 9.61 Å². The van der Waals surface area contributed by atoms with Crippen LogP contribution in [0.4, 0.5) is 20.4 Å². The molecule has 1 aliphatic carbocycles. The molecule has 1 aromatic carbocycles. The highest BCUT2D eigenvalue weighted by atomic mass is 19.1. The number of hydrogen-bond acceptors (Lipinski definition) is 7. The maximum Gasteiger partial charge on any atom is 0.229 e. The average molecular weight is 549 g/mol. The van der Waals surface area contributed by atoms with Crippen LogP contribution in [0.3, 0.4) is 0 Å². The van der Waals surface area contributed by atoms with Crippen LogP contribution in [0.15, 0.2) is 48.9 Å². The maximum atomic E-state index is 15.3. The number of aromatic nitrogens is 4. The number of aliphatic hydroxyl groups is 1. The van der Waals surface area contributed by atoms with E-state index in [1.54, 1.807) is 37.6 Å². The van der Waals surface area contributed by atoms with Crippen molar-refractivity contribution in [2.24, 2.45) is 11.7 Å². The van der Waals surface area contributed by atoms with E-state index in [-0.39, 0.29) is 35.1 Å². The van der Waals surface area contributed by atoms with Gasteiger partial charge in [-0.25, -0.2) is 13.8 Å². The fourth-order valence-electron chi connectivity index (χ4n) is 6.12. The number of rotatable bonds is 5. The number of nitrogens with two attached hydrogens (primary N) is 1. The van der Waals surface area contributed by atoms with Crippen LogP contribution in [0, 0.1) is 17.6 Å². The van der Waals surface area contributed by atoms with Gasteiger partial charge in [-0.3, -0.25) is 4.98 Å². The second-order valence-corrected chi connectivity index (χ2v) is 11.4. The Morgan fingerprint density at radius 2 is 1.82 bits per heavy atom. The zero-order chi connectivity index (χ0) is 28.0. The minimum absolute atomic E-state index is 0.0152. The van der Waals surface area contributed by atoms with Crippen LogP contribution in [-0.2, 0) is 4.74 Å². The Morgan fingerprint density at radius 1 is 1.07 bits per heavy atom. The summed E-state index contributed by atoms with van der Waals surface area (Å²) in [6.07, 6.45) is 7.99. The fourth-order valence-corrected chi connectivity index (χ4v) is 6.12. The van der Waals surface area contributed by atoms with Gasteiger partial charge in [0.05, 0.1) is 40.5 Å². The van der Waals surface area contributed by atoms with Crippen molar-refractivity contribution in [1.29, 1.82) is 0 Å². The van der Waals surface area contributed by atoms with Crippen molar-refractivity contribution in [3.63, 3.8) is 0 Å². The molecule has 4 N–H and O–H groups in total. The van der Waals surface area contributed by atoms with E-state index in [1.807, 2.05) is 13.0 Å². The van der Waals surface area contributed by atoms with Gasteiger partial charge in [0.25, 0.3) is 0 Å². The molecule has 210 valence electrons. The SMILES string of the molecule is C[C@H]1C[C@@H](c2ccncc2Nc2ncc3ccc(-c4c(F)cc(C5CCOCC5)cc4F)nn23)C[C@@H](N)[C@]1(C)O. The first-order valence-corrected chi connectivity index (χ1v) is 13.8. The van der Waals surface area contributed by atoms with E-state index in [2.05, 4.69) is 20.4 Å². The number of nitrogens with one attached hydrogen (secondary N) is 1. The number of nitrogens with zero attached hydrogens (tertiary/aromatic N) is 4. The second-order valence-electron chi connectivity index (χ2n) is 11.4. The van der Waals surface area contributed by atoms with Gasteiger partial charge < -0.3 is 20.9 Å². The molecule has 1 aliphatic heterocycles. The van der Waals surface area contributed by atoms with Gasteiger partial charge in [-0.15, -0.1) is 0 Å². The zero-order valence-corrected chi connectivity index (χ0v) is 22.6. The summed E-state index contributed by atoms with van der Waals surface area (Å²) in [6, 6.07) is 7.76. The summed E-state index contributed by atoms with van der Waals surface area (Å²) in [7, 11) is 0. The smallest absolute Gasteiger partial charge is 0.229 e. The maximum absolute atomic E-state index is 15.3. The van der Waals surface area contributed by atoms with Gasteiger partial charge in [-0.1, -0.05) is 6.92 Å². The predicted octanol–water partition coefficient (Wildman–Crippen LogP) is 5.30. The van der Waals surface area contributed by atoms with E-state index in [0.29, 0.717) is 36.7 Å². The lowest BCUT2D eigenvalue weighted by molar-refractivity contribution is -0.0463. The third-order valence-corrected chi connectivity index (χ3v) is 8.86. The number of halogens is 2. The Labute approximate surface area is 231 Å². The topological polar surface area (TPSA) is 111 Å². The summed E-state index contributed by atoms with van der Waals surface area (Å²) < 4.78 is 37.6. The minimum Gasteiger partial charge on any atom is -0.388 e. The Bertz CT molecular complexity index is 1500. The monoisotopic (exact) mass is 548 g/mol. The highest BCUT2D eigenvalue weighted by Gasteiger charge is 2.42. The quantitative estimate of drug-likeness (QED) is 0.310. The molecule has 0 spiro atoms. The van der Waals surface area contributed by atoms with Crippen LogP contribution >= 0.6 is 0 Å². The van der Waals surface area contributed by atoms with E-state index < -0.39 is 17.2 Å². The molecule has 1 saturated carbocycles. The van der Waals surface area contributed by atoms with E-state index in [9.17, 15) is 5.11 Å². The molecule has 4 heterocycles. The molecule has 1 saturated heterocycles. The van der Waals surface area contributed by atoms with Gasteiger partial charge >= 0.3 is 0 Å². The Hall–Kier alpha value is -3.47. The minimum atomic E-state index is -0.926. The second kappa shape index (κ2) is 10.5. The molecule has 0 bridgehead atoms. The third-order valence-electron chi connectivity index (χ3n) is 8.86. The number of imidazole rings is 1. The normalized spacial score (nSPS) is 25.8. The van der Waals surface area contributed by atoms with Crippen LogP contribution in [0.5, 0.6) is 0 Å². The first-order chi connectivity index (χ1) is 19.2. The summed E-state index contributed by atoms with van der Waals surface area (Å²) >= 11 is 0. The van der Waals surface area contributed by atoms with Crippen LogP contribution in [0.25, 0.3) is 16.8 Å². The Kier molecular flexibility index (Phi) is 7.02. The van der Waals surface area contributed by atoms with Gasteiger partial charge in [0.2, 0.25) is 5.95 Å². The summed E-state index contributed by atoms with van der Waals surface area (Å²) in [4.78, 5) is 8.78. The molecule has 0 amide bonds. The third kappa shape index (κ3) is 4.84. The molecule has 40 heavy (non-hydrogen) atoms. The van der Waals surface area contributed by atoms with Crippen molar-refractivity contribution in [3.05, 3.63) is 71.7 Å². The summed E-state index contributed by atoms with van der Waals surface area (Å²) in [5.74, 6) is -0.685. The van der Waals surface area contributed by atoms with Crippen LogP contribution in [0.2, 0.25) is 0 Å². The standard InChI is InChI=1S/C30H34F2N6O2/c1-17-11-20(14-27(33)30(17,2)39)22-5-8-34-16-26(22)36-29-35-15-21-3-4-25(37-38(21)29)28-23(31)12-19(13-24(28)32)18-6-9-40-10-7-18/h3-5,8,12-13,15-18,20,27,39H,6-7,9-11,14,33H2,1-2H3,(H,35,36)/t17-,20+,27+,30+/m0/s1. The molecule has 0 unspecified atom stereocenters. The highest BCUT2D eigenvalue weighted by molar-refractivity contribution is 5.66. The van der Waals surface area contributed by atoms with E-state index in [0.717, 1.165) is 30.5 Å². The summed E-state index contributed by atoms with van der Waals surface area (Å²) in [5, 5.41) is 18.7. The van der Waals surface area contributed by atoms with Gasteiger partial charge in [0, 0.05) is 25.5 Å². The van der Waals surface area contributed by atoms with Crippen molar-refractivity contribution in [2.75, 3.05) is 18.5 Å². The summed E-state index contributed by atoms with van der Waals surface area (Å²) in [6.45, 7) is 5.00. The lowest BCUT2D eigenvalue weighted by Gasteiger charge is -2.44. The van der Waals surface area contributed by atoms with Gasteiger partial charge in [-0.05, 0) is 91.8 Å². The van der Waals surface area contributed by atoms with E-state index in [1.165, 1.54) is 16.6 Å². The van der Waals surface area contributed by atoms with Crippen LogP contribution in [0.1, 0.15) is 62.5 Å². The lowest BCUT2D eigenvalue weighted by Crippen LogP contribution is -2.54. The highest BCUT2D eigenvalue weighted by Crippen LogP contribution is 2.43. The number of anilines is 2. The van der Waals surface area contributed by atoms with Gasteiger partial charge in [0.1, 0.15) is 11.6 Å². The molecule has 0 radical (unpaired) electrons. The predicted molar refractivity (Wildman–Crippen MR) is 148 cm³/mol. The lowest BCUT2D eigenvalue weighted by atomic mass is 9.68. The summed E-state index contributed by atoms with van der Waals surface area (Å²) in [5.41, 5.74) is 8.51. The number of ether oxygens (including phenoxy) is 1. The Balaban J connectivity index is 1.31. The van der Waals surface area contributed by atoms with Crippen LogP contribution in [-0.4, -0.2) is 49.5 Å². The molecule has 2 aliphatic rings. The average Bonchev–Trinajstić information content (AvgIpc) is 3.34. The van der Waals surface area contributed by atoms with Crippen molar-refractivity contribution < 1.29 is 18.6 Å². The molecule has 2 fully saturated rings. The molecule has 6 rings (SSSR count). The first-order valence-electron chi connectivity index (χ1n) is 13.8. The van der Waals surface area contributed by atoms with Crippen LogP contribution < -0.4 is 11.1 Å². The van der Waals surface area contributed by atoms with Gasteiger partial charge in [0.15, 0.2) is 0 Å². The van der Waals surface area contributed by atoms with Crippen molar-refractivity contribution >= 4 is 17.2 Å². The molecule has 3 aromatic heterocycles. The molecular formula is C30H34F2N6O2. The number of benzene rings is 1. The van der Waals surface area contributed by atoms with Crippen molar-refractivity contribution in [3.8, 4) is 11.3 Å². The number of hydrogen-bond donors (Lipinski definition) is 3. The fraction of sp³-hybridized carbons (Fsp3) is 0.433. The molecule has 4 atom stereocenters. The first kappa shape index (κ1) is 26.7. The van der Waals surface area contributed by atoms with E-state index in [4.69, 9.17) is 10.5 Å². The number of pyridine rings is 1. The number of fused-ring (bicyclic) bond motifs is 1. The van der Waals surface area contributed by atoms with Crippen molar-refractivity contribution in [2.45, 2.75) is 63.0 Å². The zero-order valence-electron chi connectivity index (χ0n) is 22.6. The molecular weight excluding hydrogens is 514 g/mol. The van der Waals surface area contributed by atoms with E-state index >= 15 is 8.78 Å². The van der Waals surface area contributed by atoms with Crippen molar-refractivity contribution in [1.82, 2.24) is 19.6 Å². The molecule has 4 aromatic rings. The molecule has 10 heteroatoms. The Morgan fingerprint density at radius 3 is 2.55 bits per heavy atom. The molecule has 8 nitrogen and oxygen atoms in total.